The fourth-order valence-corrected chi connectivity index (χ4v) is 3.79. The summed E-state index contributed by atoms with van der Waals surface area (Å²) in [4.78, 5) is 26.5. The number of aryl methyl sites for hydroxylation is 2. The van der Waals surface area contributed by atoms with Crippen molar-refractivity contribution < 1.29 is 9.59 Å². The molecule has 1 fully saturated rings. The third-order valence-electron chi connectivity index (χ3n) is 4.70. The van der Waals surface area contributed by atoms with E-state index in [4.69, 9.17) is 11.6 Å². The number of nitrogens with one attached hydrogen (secondary N) is 1. The summed E-state index contributed by atoms with van der Waals surface area (Å²) < 4.78 is 0. The number of carbonyl (C=O) groups is 2. The van der Waals surface area contributed by atoms with Gasteiger partial charge in [0.2, 0.25) is 0 Å². The molecule has 0 unspecified atom stereocenters. The highest BCUT2D eigenvalue weighted by Gasteiger charge is 2.39. The number of imide groups is 1. The molecule has 2 aliphatic rings. The summed E-state index contributed by atoms with van der Waals surface area (Å²) in [5.74, 6) is -0.790. The molecule has 3 rings (SSSR count). The lowest BCUT2D eigenvalue weighted by molar-refractivity contribution is -0.120. The number of amides is 2. The van der Waals surface area contributed by atoms with E-state index in [1.54, 1.807) is 0 Å². The van der Waals surface area contributed by atoms with Crippen molar-refractivity contribution in [3.05, 3.63) is 40.1 Å². The maximum atomic E-state index is 12.8. The Hall–Kier alpha value is -1.81. The zero-order valence-electron chi connectivity index (χ0n) is 14.2. The van der Waals surface area contributed by atoms with Crippen molar-refractivity contribution in [3.8, 4) is 0 Å². The SMILES string of the molecule is Cc1cc(C)cc(N2C(=O)C(Cl)=C(NC3CCCCCC3)C2=O)c1. The topological polar surface area (TPSA) is 49.4 Å². The second-order valence-electron chi connectivity index (χ2n) is 6.81. The molecule has 1 saturated carbocycles. The Morgan fingerprint density at radius 2 is 1.54 bits per heavy atom. The number of nitrogens with zero attached hydrogens (tertiary/aromatic N) is 1. The second kappa shape index (κ2) is 6.98. The molecule has 1 N–H and O–H groups in total. The molecule has 1 aromatic carbocycles. The van der Waals surface area contributed by atoms with Gasteiger partial charge in [-0.15, -0.1) is 0 Å². The van der Waals surface area contributed by atoms with Gasteiger partial charge in [-0.3, -0.25) is 9.59 Å². The standard InChI is InChI=1S/C19H23ClN2O2/c1-12-9-13(2)11-15(10-12)22-18(23)16(20)17(19(22)24)21-14-7-5-3-4-6-8-14/h9-11,14,21H,3-8H2,1-2H3. The zero-order valence-corrected chi connectivity index (χ0v) is 14.9. The largest absolute Gasteiger partial charge is 0.376 e. The fraction of sp³-hybridized carbons (Fsp3) is 0.474. The van der Waals surface area contributed by atoms with E-state index in [1.165, 1.54) is 17.7 Å². The predicted octanol–water partition coefficient (Wildman–Crippen LogP) is 3.94. The van der Waals surface area contributed by atoms with Crippen LogP contribution in [0, 0.1) is 13.8 Å². The van der Waals surface area contributed by atoms with Gasteiger partial charge in [0, 0.05) is 6.04 Å². The highest BCUT2D eigenvalue weighted by molar-refractivity contribution is 6.52. The highest BCUT2D eigenvalue weighted by atomic mass is 35.5. The summed E-state index contributed by atoms with van der Waals surface area (Å²) >= 11 is 6.21. The molecule has 0 radical (unpaired) electrons. The molecule has 0 spiro atoms. The number of halogens is 1. The van der Waals surface area contributed by atoms with Crippen LogP contribution in [0.4, 0.5) is 5.69 Å². The van der Waals surface area contributed by atoms with Gasteiger partial charge in [0.05, 0.1) is 5.69 Å². The Balaban J connectivity index is 1.84. The van der Waals surface area contributed by atoms with Crippen molar-refractivity contribution in [2.24, 2.45) is 0 Å². The van der Waals surface area contributed by atoms with Crippen LogP contribution in [-0.4, -0.2) is 17.9 Å². The van der Waals surface area contributed by atoms with E-state index in [1.807, 2.05) is 32.0 Å². The molecule has 1 aliphatic heterocycles. The Morgan fingerprint density at radius 1 is 0.958 bits per heavy atom. The van der Waals surface area contributed by atoms with Crippen molar-refractivity contribution >= 4 is 29.1 Å². The van der Waals surface area contributed by atoms with Crippen molar-refractivity contribution in [1.29, 1.82) is 0 Å². The Morgan fingerprint density at radius 3 is 2.12 bits per heavy atom. The minimum Gasteiger partial charge on any atom is -0.376 e. The molecule has 24 heavy (non-hydrogen) atoms. The number of hydrogen-bond donors (Lipinski definition) is 1. The third kappa shape index (κ3) is 3.34. The van der Waals surface area contributed by atoms with Gasteiger partial charge >= 0.3 is 0 Å². The average molecular weight is 347 g/mol. The van der Waals surface area contributed by atoms with E-state index in [2.05, 4.69) is 5.32 Å². The van der Waals surface area contributed by atoms with Crippen LogP contribution in [0.15, 0.2) is 28.9 Å². The van der Waals surface area contributed by atoms with Crippen LogP contribution in [0.5, 0.6) is 0 Å². The summed E-state index contributed by atoms with van der Waals surface area (Å²) in [6.07, 6.45) is 6.77. The van der Waals surface area contributed by atoms with Crippen LogP contribution in [0.1, 0.15) is 49.7 Å². The van der Waals surface area contributed by atoms with Gasteiger partial charge in [0.25, 0.3) is 11.8 Å². The molecule has 1 heterocycles. The number of benzene rings is 1. The van der Waals surface area contributed by atoms with E-state index >= 15 is 0 Å². The average Bonchev–Trinajstić information content (AvgIpc) is 2.72. The van der Waals surface area contributed by atoms with Gasteiger partial charge in [0.1, 0.15) is 10.7 Å². The monoisotopic (exact) mass is 346 g/mol. The van der Waals surface area contributed by atoms with E-state index in [0.717, 1.165) is 36.8 Å². The molecule has 0 saturated heterocycles. The van der Waals surface area contributed by atoms with E-state index < -0.39 is 5.91 Å². The van der Waals surface area contributed by atoms with Gasteiger partial charge in [-0.05, 0) is 49.9 Å². The van der Waals surface area contributed by atoms with Gasteiger partial charge in [-0.2, -0.15) is 0 Å². The van der Waals surface area contributed by atoms with Gasteiger partial charge in [-0.1, -0.05) is 43.4 Å². The summed E-state index contributed by atoms with van der Waals surface area (Å²) in [7, 11) is 0. The maximum Gasteiger partial charge on any atom is 0.283 e. The van der Waals surface area contributed by atoms with Crippen molar-refractivity contribution in [3.63, 3.8) is 0 Å². The summed E-state index contributed by atoms with van der Waals surface area (Å²) in [5, 5.41) is 3.26. The first-order chi connectivity index (χ1) is 11.5. The van der Waals surface area contributed by atoms with E-state index in [0.29, 0.717) is 5.69 Å². The van der Waals surface area contributed by atoms with Crippen molar-refractivity contribution in [1.82, 2.24) is 5.32 Å². The molecular formula is C19H23ClN2O2. The van der Waals surface area contributed by atoms with Crippen molar-refractivity contribution in [2.75, 3.05) is 4.90 Å². The molecule has 0 aromatic heterocycles. The Labute approximate surface area is 147 Å². The quantitative estimate of drug-likeness (QED) is 0.666. The van der Waals surface area contributed by atoms with Gasteiger partial charge < -0.3 is 5.32 Å². The van der Waals surface area contributed by atoms with Crippen LogP contribution >= 0.6 is 11.6 Å². The lowest BCUT2D eigenvalue weighted by atomic mass is 10.1. The molecular weight excluding hydrogens is 324 g/mol. The molecule has 5 heteroatoms. The number of hydrogen-bond acceptors (Lipinski definition) is 3. The Kier molecular flexibility index (Phi) is 4.95. The van der Waals surface area contributed by atoms with Crippen molar-refractivity contribution in [2.45, 2.75) is 58.4 Å². The lowest BCUT2D eigenvalue weighted by Crippen LogP contribution is -2.36. The zero-order chi connectivity index (χ0) is 17.3. The first-order valence-electron chi connectivity index (χ1n) is 8.61. The van der Waals surface area contributed by atoms with Crippen LogP contribution in [-0.2, 0) is 9.59 Å². The minimum atomic E-state index is -0.442. The third-order valence-corrected chi connectivity index (χ3v) is 5.05. The molecule has 1 aromatic rings. The number of anilines is 1. The molecule has 0 bridgehead atoms. The summed E-state index contributed by atoms with van der Waals surface area (Å²) in [6.45, 7) is 3.89. The Bertz CT molecular complexity index is 683. The maximum absolute atomic E-state index is 12.8. The molecule has 0 atom stereocenters. The van der Waals surface area contributed by atoms with Crippen LogP contribution in [0.3, 0.4) is 0 Å². The van der Waals surface area contributed by atoms with E-state index in [-0.39, 0.29) is 22.7 Å². The second-order valence-corrected chi connectivity index (χ2v) is 7.19. The smallest absolute Gasteiger partial charge is 0.283 e. The summed E-state index contributed by atoms with van der Waals surface area (Å²) in [5.41, 5.74) is 2.85. The first-order valence-corrected chi connectivity index (χ1v) is 8.98. The molecule has 2 amide bonds. The summed E-state index contributed by atoms with van der Waals surface area (Å²) in [6, 6.07) is 5.89. The molecule has 4 nitrogen and oxygen atoms in total. The lowest BCUT2D eigenvalue weighted by Gasteiger charge is -2.19. The number of rotatable bonds is 3. The highest BCUT2D eigenvalue weighted by Crippen LogP contribution is 2.30. The normalized spacial score (nSPS) is 19.9. The van der Waals surface area contributed by atoms with Crippen LogP contribution in [0.25, 0.3) is 0 Å². The fourth-order valence-electron chi connectivity index (χ4n) is 3.57. The van der Waals surface area contributed by atoms with Crippen LogP contribution < -0.4 is 10.2 Å². The van der Waals surface area contributed by atoms with Crippen LogP contribution in [0.2, 0.25) is 0 Å². The molecule has 128 valence electrons. The minimum absolute atomic E-state index is 0.00315. The predicted molar refractivity (Wildman–Crippen MR) is 95.9 cm³/mol. The van der Waals surface area contributed by atoms with E-state index in [9.17, 15) is 9.59 Å². The van der Waals surface area contributed by atoms with Gasteiger partial charge in [0.15, 0.2) is 0 Å². The van der Waals surface area contributed by atoms with Gasteiger partial charge in [-0.25, -0.2) is 4.90 Å². The number of carbonyl (C=O) groups excluding carboxylic acids is 2. The first kappa shape index (κ1) is 17.0. The molecule has 1 aliphatic carbocycles.